The van der Waals surface area contributed by atoms with Gasteiger partial charge in [0.25, 0.3) is 0 Å². The third-order valence-corrected chi connectivity index (χ3v) is 3.99. The second kappa shape index (κ2) is 8.08. The van der Waals surface area contributed by atoms with Gasteiger partial charge >= 0.3 is 11.8 Å². The van der Waals surface area contributed by atoms with Crippen molar-refractivity contribution in [1.82, 2.24) is 15.6 Å². The first-order chi connectivity index (χ1) is 12.6. The molecule has 2 amide bonds. The van der Waals surface area contributed by atoms with Gasteiger partial charge in [-0.2, -0.15) is 5.10 Å². The number of halogens is 1. The second-order valence-electron chi connectivity index (χ2n) is 4.99. The fraction of sp³-hybridized carbons (Fsp3) is 0. The summed E-state index contributed by atoms with van der Waals surface area (Å²) in [7, 11) is 0. The topological polar surface area (TPSA) is 96.3 Å². The van der Waals surface area contributed by atoms with Gasteiger partial charge in [-0.3, -0.25) is 14.9 Å². The molecule has 0 aliphatic carbocycles. The Labute approximate surface area is 151 Å². The van der Waals surface area contributed by atoms with Crippen molar-refractivity contribution < 1.29 is 14.0 Å². The van der Waals surface area contributed by atoms with E-state index in [9.17, 15) is 14.0 Å². The average Bonchev–Trinajstić information content (AvgIpc) is 3.11. The molecule has 0 saturated carbocycles. The summed E-state index contributed by atoms with van der Waals surface area (Å²) >= 11 is 1.14. The SMILES string of the molecule is O=C(N/N=C/c1cccc(F)c1)C(=O)Nc1nnc(-c2ccccc2)s1. The number of hydrogen-bond acceptors (Lipinski definition) is 6. The molecule has 0 fully saturated rings. The van der Waals surface area contributed by atoms with Crippen LogP contribution >= 0.6 is 11.3 Å². The summed E-state index contributed by atoms with van der Waals surface area (Å²) < 4.78 is 13.0. The van der Waals surface area contributed by atoms with Gasteiger partial charge < -0.3 is 0 Å². The van der Waals surface area contributed by atoms with Crippen LogP contribution in [0, 0.1) is 5.82 Å². The van der Waals surface area contributed by atoms with E-state index in [4.69, 9.17) is 0 Å². The fourth-order valence-electron chi connectivity index (χ4n) is 1.93. The van der Waals surface area contributed by atoms with Crippen LogP contribution in [0.2, 0.25) is 0 Å². The maximum absolute atomic E-state index is 13.0. The Kier molecular flexibility index (Phi) is 5.40. The lowest BCUT2D eigenvalue weighted by atomic mass is 10.2. The molecule has 0 unspecified atom stereocenters. The molecule has 0 aliphatic heterocycles. The van der Waals surface area contributed by atoms with E-state index in [1.165, 1.54) is 24.4 Å². The first-order valence-corrected chi connectivity index (χ1v) is 8.22. The zero-order valence-electron chi connectivity index (χ0n) is 13.2. The van der Waals surface area contributed by atoms with Crippen molar-refractivity contribution in [2.75, 3.05) is 5.32 Å². The third-order valence-electron chi connectivity index (χ3n) is 3.10. The quantitative estimate of drug-likeness (QED) is 0.419. The van der Waals surface area contributed by atoms with Crippen molar-refractivity contribution in [2.45, 2.75) is 0 Å². The van der Waals surface area contributed by atoms with Crippen LogP contribution in [0.1, 0.15) is 5.56 Å². The maximum atomic E-state index is 13.0. The largest absolute Gasteiger partial charge is 0.329 e. The van der Waals surface area contributed by atoms with Gasteiger partial charge in [-0.15, -0.1) is 10.2 Å². The summed E-state index contributed by atoms with van der Waals surface area (Å²) in [6.07, 6.45) is 1.23. The molecule has 0 spiro atoms. The number of carbonyl (C=O) groups is 2. The first kappa shape index (κ1) is 17.4. The van der Waals surface area contributed by atoms with Gasteiger partial charge in [0.2, 0.25) is 5.13 Å². The highest BCUT2D eigenvalue weighted by molar-refractivity contribution is 7.18. The normalized spacial score (nSPS) is 10.7. The molecule has 0 radical (unpaired) electrons. The molecule has 2 N–H and O–H groups in total. The number of hydrogen-bond donors (Lipinski definition) is 2. The van der Waals surface area contributed by atoms with E-state index in [0.717, 1.165) is 16.9 Å². The highest BCUT2D eigenvalue weighted by Crippen LogP contribution is 2.25. The lowest BCUT2D eigenvalue weighted by Crippen LogP contribution is -2.32. The van der Waals surface area contributed by atoms with E-state index >= 15 is 0 Å². The number of carbonyl (C=O) groups excluding carboxylic acids is 2. The van der Waals surface area contributed by atoms with Gasteiger partial charge in [-0.25, -0.2) is 9.82 Å². The Balaban J connectivity index is 1.56. The lowest BCUT2D eigenvalue weighted by Gasteiger charge is -1.99. The van der Waals surface area contributed by atoms with Gasteiger partial charge in [0.05, 0.1) is 6.21 Å². The lowest BCUT2D eigenvalue weighted by molar-refractivity contribution is -0.136. The number of amides is 2. The van der Waals surface area contributed by atoms with Crippen LogP contribution in [-0.4, -0.2) is 28.2 Å². The molecule has 0 atom stereocenters. The summed E-state index contributed by atoms with van der Waals surface area (Å²) in [6, 6.07) is 15.0. The van der Waals surface area contributed by atoms with E-state index in [2.05, 4.69) is 26.0 Å². The van der Waals surface area contributed by atoms with Crippen LogP contribution in [0.5, 0.6) is 0 Å². The molecule has 130 valence electrons. The highest BCUT2D eigenvalue weighted by Gasteiger charge is 2.16. The molecule has 2 aromatic carbocycles. The van der Waals surface area contributed by atoms with Gasteiger partial charge in [0, 0.05) is 5.56 Å². The minimum Gasteiger partial charge on any atom is -0.292 e. The number of rotatable bonds is 4. The Morgan fingerprint density at radius 1 is 1.04 bits per heavy atom. The van der Waals surface area contributed by atoms with Crippen molar-refractivity contribution in [2.24, 2.45) is 5.10 Å². The zero-order chi connectivity index (χ0) is 18.4. The molecule has 0 aliphatic rings. The van der Waals surface area contributed by atoms with Crippen LogP contribution in [-0.2, 0) is 9.59 Å². The molecule has 1 heterocycles. The molecule has 0 saturated heterocycles. The molecule has 3 rings (SSSR count). The Morgan fingerprint density at radius 3 is 2.62 bits per heavy atom. The maximum Gasteiger partial charge on any atom is 0.329 e. The van der Waals surface area contributed by atoms with Gasteiger partial charge in [-0.05, 0) is 17.7 Å². The van der Waals surface area contributed by atoms with Crippen LogP contribution in [0.4, 0.5) is 9.52 Å². The summed E-state index contributed by atoms with van der Waals surface area (Å²) in [5.74, 6) is -2.34. The standard InChI is InChI=1S/C17H12FN5O2S/c18-13-8-4-5-11(9-13)10-19-21-15(25)14(24)20-17-23-22-16(26-17)12-6-2-1-3-7-12/h1-10H,(H,21,25)(H,20,23,24)/b19-10+. The second-order valence-corrected chi connectivity index (χ2v) is 5.96. The van der Waals surface area contributed by atoms with Crippen molar-refractivity contribution in [3.05, 3.63) is 66.0 Å². The van der Waals surface area contributed by atoms with Gasteiger partial charge in [0.15, 0.2) is 0 Å². The highest BCUT2D eigenvalue weighted by atomic mass is 32.1. The average molecular weight is 369 g/mol. The molecule has 26 heavy (non-hydrogen) atoms. The number of nitrogens with one attached hydrogen (secondary N) is 2. The molecular weight excluding hydrogens is 357 g/mol. The summed E-state index contributed by atoms with van der Waals surface area (Å²) in [4.78, 5) is 23.6. The minimum absolute atomic E-state index is 0.193. The van der Waals surface area contributed by atoms with E-state index in [1.54, 1.807) is 6.07 Å². The van der Waals surface area contributed by atoms with Crippen LogP contribution in [0.15, 0.2) is 59.7 Å². The van der Waals surface area contributed by atoms with Gasteiger partial charge in [-0.1, -0.05) is 53.8 Å². The van der Waals surface area contributed by atoms with E-state index in [0.29, 0.717) is 10.6 Å². The number of hydrazone groups is 1. The smallest absolute Gasteiger partial charge is 0.292 e. The van der Waals surface area contributed by atoms with Crippen LogP contribution in [0.3, 0.4) is 0 Å². The summed E-state index contributed by atoms with van der Waals surface area (Å²) in [5.41, 5.74) is 3.36. The molecule has 9 heteroatoms. The number of benzene rings is 2. The number of aromatic nitrogens is 2. The zero-order valence-corrected chi connectivity index (χ0v) is 14.0. The molecule has 1 aromatic heterocycles. The summed E-state index contributed by atoms with van der Waals surface area (Å²) in [6.45, 7) is 0. The van der Waals surface area contributed by atoms with Crippen molar-refractivity contribution >= 4 is 34.5 Å². The van der Waals surface area contributed by atoms with Crippen LogP contribution < -0.4 is 10.7 Å². The van der Waals surface area contributed by atoms with E-state index in [-0.39, 0.29) is 5.13 Å². The first-order valence-electron chi connectivity index (χ1n) is 7.41. The molecule has 3 aromatic rings. The molecule has 0 bridgehead atoms. The Hall–Kier alpha value is -3.46. The Bertz CT molecular complexity index is 959. The predicted molar refractivity (Wildman–Crippen MR) is 96.1 cm³/mol. The summed E-state index contributed by atoms with van der Waals surface area (Å²) in [5, 5.41) is 14.6. The predicted octanol–water partition coefficient (Wildman–Crippen LogP) is 2.43. The van der Waals surface area contributed by atoms with Crippen molar-refractivity contribution in [1.29, 1.82) is 0 Å². The van der Waals surface area contributed by atoms with Gasteiger partial charge in [0.1, 0.15) is 10.8 Å². The number of anilines is 1. The monoisotopic (exact) mass is 369 g/mol. The number of nitrogens with zero attached hydrogens (tertiary/aromatic N) is 3. The van der Waals surface area contributed by atoms with Crippen molar-refractivity contribution in [3.63, 3.8) is 0 Å². The molecule has 7 nitrogen and oxygen atoms in total. The van der Waals surface area contributed by atoms with E-state index < -0.39 is 17.6 Å². The Morgan fingerprint density at radius 2 is 1.85 bits per heavy atom. The molecular formula is C17H12FN5O2S. The minimum atomic E-state index is -0.978. The van der Waals surface area contributed by atoms with E-state index in [1.807, 2.05) is 30.3 Å². The fourth-order valence-corrected chi connectivity index (χ4v) is 2.67. The van der Waals surface area contributed by atoms with Crippen molar-refractivity contribution in [3.8, 4) is 10.6 Å². The van der Waals surface area contributed by atoms with Crippen LogP contribution in [0.25, 0.3) is 10.6 Å². The third kappa shape index (κ3) is 4.54.